The maximum atomic E-state index is 11.2. The van der Waals surface area contributed by atoms with Gasteiger partial charge in [-0.3, -0.25) is 4.79 Å². The van der Waals surface area contributed by atoms with Crippen molar-refractivity contribution in [1.29, 1.82) is 0 Å². The lowest BCUT2D eigenvalue weighted by molar-refractivity contribution is -0.120. The molecule has 0 spiro atoms. The van der Waals surface area contributed by atoms with E-state index >= 15 is 0 Å². The van der Waals surface area contributed by atoms with E-state index in [0.717, 1.165) is 25.1 Å². The summed E-state index contributed by atoms with van der Waals surface area (Å²) in [5.41, 5.74) is 0. The highest BCUT2D eigenvalue weighted by atomic mass is 16.1. The van der Waals surface area contributed by atoms with Gasteiger partial charge in [-0.15, -0.1) is 0 Å². The number of aryl methyl sites for hydroxylation is 1. The van der Waals surface area contributed by atoms with Crippen molar-refractivity contribution in [1.82, 2.24) is 9.55 Å². The van der Waals surface area contributed by atoms with E-state index in [9.17, 15) is 4.79 Å². The van der Waals surface area contributed by atoms with Gasteiger partial charge in [0.15, 0.2) is 0 Å². The van der Waals surface area contributed by atoms with Crippen molar-refractivity contribution >= 4 is 5.78 Å². The van der Waals surface area contributed by atoms with E-state index in [0.29, 0.717) is 18.1 Å². The third-order valence-corrected chi connectivity index (χ3v) is 2.71. The van der Waals surface area contributed by atoms with Gasteiger partial charge >= 0.3 is 0 Å². The summed E-state index contributed by atoms with van der Waals surface area (Å²) in [5, 5.41) is 0. The average molecular weight is 178 g/mol. The molecule has 1 aliphatic rings. The van der Waals surface area contributed by atoms with E-state index in [1.165, 1.54) is 0 Å². The molecule has 0 N–H and O–H groups in total. The first-order chi connectivity index (χ1) is 6.27. The minimum atomic E-state index is 0.362. The van der Waals surface area contributed by atoms with Gasteiger partial charge in [-0.1, -0.05) is 0 Å². The normalized spacial score (nSPS) is 23.5. The van der Waals surface area contributed by atoms with Crippen LogP contribution in [0.25, 0.3) is 0 Å². The van der Waals surface area contributed by atoms with Crippen LogP contribution in [0.2, 0.25) is 0 Å². The highest BCUT2D eigenvalue weighted by Crippen LogP contribution is 2.29. The van der Waals surface area contributed by atoms with E-state index in [1.54, 1.807) is 6.20 Å². The summed E-state index contributed by atoms with van der Waals surface area (Å²) in [6.07, 6.45) is 7.32. The molecule has 0 aliphatic heterocycles. The number of hydrogen-bond donors (Lipinski definition) is 0. The second-order valence-corrected chi connectivity index (χ2v) is 3.73. The number of imidazole rings is 1. The summed E-state index contributed by atoms with van der Waals surface area (Å²) in [5.74, 6) is 1.81. The van der Waals surface area contributed by atoms with Crippen LogP contribution in [0.4, 0.5) is 0 Å². The Morgan fingerprint density at radius 2 is 2.46 bits per heavy atom. The Morgan fingerprint density at radius 1 is 1.62 bits per heavy atom. The number of hydrogen-bond acceptors (Lipinski definition) is 2. The number of carbonyl (C=O) groups excluding carboxylic acids is 1. The minimum Gasteiger partial charge on any atom is -0.338 e. The first-order valence-corrected chi connectivity index (χ1v) is 4.76. The van der Waals surface area contributed by atoms with Crippen LogP contribution in [-0.2, 0) is 11.8 Å². The Kier molecular flexibility index (Phi) is 2.17. The molecule has 1 atom stereocenters. The van der Waals surface area contributed by atoms with Gasteiger partial charge in [0.25, 0.3) is 0 Å². The fraction of sp³-hybridized carbons (Fsp3) is 0.600. The molecule has 70 valence electrons. The van der Waals surface area contributed by atoms with Crippen LogP contribution in [0.3, 0.4) is 0 Å². The molecule has 1 aromatic rings. The fourth-order valence-corrected chi connectivity index (χ4v) is 2.02. The first kappa shape index (κ1) is 8.48. The molecule has 3 heteroatoms. The third kappa shape index (κ3) is 1.64. The van der Waals surface area contributed by atoms with Crippen LogP contribution in [0.5, 0.6) is 0 Å². The minimum absolute atomic E-state index is 0.362. The van der Waals surface area contributed by atoms with Gasteiger partial charge in [0.2, 0.25) is 0 Å². The van der Waals surface area contributed by atoms with Gasteiger partial charge in [-0.2, -0.15) is 0 Å². The molecule has 0 bridgehead atoms. The summed E-state index contributed by atoms with van der Waals surface area (Å²) in [7, 11) is 1.99. The number of carbonyl (C=O) groups is 1. The van der Waals surface area contributed by atoms with Crippen molar-refractivity contribution in [3.05, 3.63) is 18.2 Å². The molecule has 2 rings (SSSR count). The zero-order valence-electron chi connectivity index (χ0n) is 7.86. The Balaban J connectivity index is 2.17. The Bertz CT molecular complexity index is 316. The fourth-order valence-electron chi connectivity index (χ4n) is 2.02. The second kappa shape index (κ2) is 3.32. The lowest BCUT2D eigenvalue weighted by Crippen LogP contribution is -2.16. The summed E-state index contributed by atoms with van der Waals surface area (Å²) in [6, 6.07) is 0. The first-order valence-electron chi connectivity index (χ1n) is 4.76. The monoisotopic (exact) mass is 178 g/mol. The van der Waals surface area contributed by atoms with Crippen LogP contribution < -0.4 is 0 Å². The van der Waals surface area contributed by atoms with Crippen LogP contribution >= 0.6 is 0 Å². The summed E-state index contributed by atoms with van der Waals surface area (Å²) < 4.78 is 2.02. The predicted molar refractivity (Wildman–Crippen MR) is 49.4 cm³/mol. The third-order valence-electron chi connectivity index (χ3n) is 2.71. The Hall–Kier alpha value is -1.12. The molecule has 1 aliphatic carbocycles. The van der Waals surface area contributed by atoms with Crippen molar-refractivity contribution < 1.29 is 4.79 Å². The number of rotatable bonds is 1. The van der Waals surface area contributed by atoms with Crippen LogP contribution in [0.1, 0.15) is 37.4 Å². The highest BCUT2D eigenvalue weighted by molar-refractivity contribution is 5.79. The van der Waals surface area contributed by atoms with Gasteiger partial charge < -0.3 is 4.57 Å². The van der Waals surface area contributed by atoms with Gasteiger partial charge in [-0.25, -0.2) is 4.98 Å². The molecule has 1 fully saturated rings. The summed E-state index contributed by atoms with van der Waals surface area (Å²) in [4.78, 5) is 15.5. The van der Waals surface area contributed by atoms with E-state index in [1.807, 2.05) is 17.8 Å². The number of nitrogens with zero attached hydrogens (tertiary/aromatic N) is 2. The molecule has 0 amide bonds. The molecule has 1 saturated carbocycles. The van der Waals surface area contributed by atoms with Crippen molar-refractivity contribution in [3.63, 3.8) is 0 Å². The lowest BCUT2D eigenvalue weighted by Gasteiger charge is -2.20. The van der Waals surface area contributed by atoms with Crippen molar-refractivity contribution in [3.8, 4) is 0 Å². The zero-order chi connectivity index (χ0) is 9.26. The maximum absolute atomic E-state index is 11.2. The largest absolute Gasteiger partial charge is 0.338 e. The van der Waals surface area contributed by atoms with Crippen LogP contribution in [0, 0.1) is 0 Å². The zero-order valence-corrected chi connectivity index (χ0v) is 7.86. The van der Waals surface area contributed by atoms with Crippen LogP contribution in [-0.4, -0.2) is 15.3 Å². The molecule has 13 heavy (non-hydrogen) atoms. The SMILES string of the molecule is Cn1ccnc1[C@@H]1CCCC(=O)C1. The molecule has 0 saturated heterocycles. The summed E-state index contributed by atoms with van der Waals surface area (Å²) in [6.45, 7) is 0. The molecule has 3 nitrogen and oxygen atoms in total. The Labute approximate surface area is 77.8 Å². The molecule has 0 radical (unpaired) electrons. The average Bonchev–Trinajstić information content (AvgIpc) is 2.51. The van der Waals surface area contributed by atoms with Gasteiger partial charge in [-0.05, 0) is 12.8 Å². The van der Waals surface area contributed by atoms with Gasteiger partial charge in [0.05, 0.1) is 0 Å². The molecular weight excluding hydrogens is 164 g/mol. The van der Waals surface area contributed by atoms with Crippen molar-refractivity contribution in [2.75, 3.05) is 0 Å². The lowest BCUT2D eigenvalue weighted by atomic mass is 9.88. The highest BCUT2D eigenvalue weighted by Gasteiger charge is 2.23. The molecule has 0 unspecified atom stereocenters. The van der Waals surface area contributed by atoms with Crippen molar-refractivity contribution in [2.45, 2.75) is 31.6 Å². The topological polar surface area (TPSA) is 34.9 Å². The number of aromatic nitrogens is 2. The molecule has 1 heterocycles. The summed E-state index contributed by atoms with van der Waals surface area (Å²) >= 11 is 0. The second-order valence-electron chi connectivity index (χ2n) is 3.73. The molecule has 1 aromatic heterocycles. The van der Waals surface area contributed by atoms with Crippen molar-refractivity contribution in [2.24, 2.45) is 7.05 Å². The molecule has 0 aromatic carbocycles. The quantitative estimate of drug-likeness (QED) is 0.655. The maximum Gasteiger partial charge on any atom is 0.133 e. The smallest absolute Gasteiger partial charge is 0.133 e. The van der Waals surface area contributed by atoms with Gasteiger partial charge in [0.1, 0.15) is 11.6 Å². The number of ketones is 1. The number of Topliss-reactive ketones (excluding diaryl/α,β-unsaturated/α-hetero) is 1. The van der Waals surface area contributed by atoms with E-state index in [4.69, 9.17) is 0 Å². The standard InChI is InChI=1S/C10H14N2O/c1-12-6-5-11-10(12)8-3-2-4-9(13)7-8/h5-6,8H,2-4,7H2,1H3/t8-/m1/s1. The van der Waals surface area contributed by atoms with E-state index in [-0.39, 0.29) is 0 Å². The van der Waals surface area contributed by atoms with Crippen LogP contribution in [0.15, 0.2) is 12.4 Å². The van der Waals surface area contributed by atoms with Gasteiger partial charge in [0, 0.05) is 38.2 Å². The van der Waals surface area contributed by atoms with E-state index in [2.05, 4.69) is 4.98 Å². The van der Waals surface area contributed by atoms with E-state index < -0.39 is 0 Å². The molecular formula is C10H14N2O. The Morgan fingerprint density at radius 3 is 3.08 bits per heavy atom. The predicted octanol–water partition coefficient (Wildman–Crippen LogP) is 1.65.